The van der Waals surface area contributed by atoms with Crippen LogP contribution < -0.4 is 20.7 Å². The van der Waals surface area contributed by atoms with Crippen molar-refractivity contribution in [3.05, 3.63) is 36.4 Å². The van der Waals surface area contributed by atoms with Gasteiger partial charge in [-0.05, 0) is 12.1 Å². The third kappa shape index (κ3) is 7.25. The Morgan fingerprint density at radius 3 is 2.81 bits per heavy atom. The molecule has 0 aliphatic carbocycles. The van der Waals surface area contributed by atoms with E-state index in [0.29, 0.717) is 37.1 Å². The average Bonchev–Trinajstić information content (AvgIpc) is 2.99. The molecule has 1 aromatic heterocycles. The highest BCUT2D eigenvalue weighted by molar-refractivity contribution is 14.0. The van der Waals surface area contributed by atoms with Crippen LogP contribution in [0, 0.1) is 0 Å². The van der Waals surface area contributed by atoms with E-state index < -0.39 is 0 Å². The van der Waals surface area contributed by atoms with E-state index in [4.69, 9.17) is 4.74 Å². The molecule has 0 bridgehead atoms. The van der Waals surface area contributed by atoms with Crippen LogP contribution in [0.2, 0.25) is 0 Å². The van der Waals surface area contributed by atoms with Crippen LogP contribution in [0.5, 0.6) is 5.75 Å². The van der Waals surface area contributed by atoms with E-state index in [2.05, 4.69) is 31.0 Å². The van der Waals surface area contributed by atoms with Crippen molar-refractivity contribution < 1.29 is 9.53 Å². The summed E-state index contributed by atoms with van der Waals surface area (Å²) in [7, 11) is 3.53. The second-order valence-corrected chi connectivity index (χ2v) is 5.21. The van der Waals surface area contributed by atoms with Crippen LogP contribution in [0.1, 0.15) is 12.7 Å². The molecule has 0 aliphatic rings. The Bertz CT molecular complexity index is 733. The molecule has 0 unspecified atom stereocenters. The lowest BCUT2D eigenvalue weighted by molar-refractivity contribution is -0.114. The van der Waals surface area contributed by atoms with Crippen molar-refractivity contribution >= 4 is 41.5 Å². The number of aliphatic imine (C=N–C) groups is 1. The van der Waals surface area contributed by atoms with Gasteiger partial charge in [0.2, 0.25) is 5.91 Å². The first kappa shape index (κ1) is 21.7. The summed E-state index contributed by atoms with van der Waals surface area (Å²) >= 11 is 0. The van der Waals surface area contributed by atoms with Crippen LogP contribution in [-0.2, 0) is 18.4 Å². The molecule has 0 saturated carbocycles. The number of halogens is 1. The molecule has 0 fully saturated rings. The highest BCUT2D eigenvalue weighted by Crippen LogP contribution is 2.16. The van der Waals surface area contributed by atoms with Gasteiger partial charge < -0.3 is 20.7 Å². The monoisotopic (exact) mass is 473 g/mol. The van der Waals surface area contributed by atoms with Crippen molar-refractivity contribution in [1.29, 1.82) is 0 Å². The molecule has 1 heterocycles. The Balaban J connectivity index is 0.00000338. The quantitative estimate of drug-likeness (QED) is 0.241. The van der Waals surface area contributed by atoms with Crippen LogP contribution in [0.3, 0.4) is 0 Å². The lowest BCUT2D eigenvalue weighted by Crippen LogP contribution is -2.39. The summed E-state index contributed by atoms with van der Waals surface area (Å²) in [4.78, 5) is 19.3. The van der Waals surface area contributed by atoms with Crippen LogP contribution in [-0.4, -0.2) is 46.8 Å². The Kier molecular flexibility index (Phi) is 9.41. The SMILES string of the molecule is CN=C(NCCOc1cccc(NC(C)=O)c1)NCc1ncnn1C.I. The highest BCUT2D eigenvalue weighted by atomic mass is 127. The summed E-state index contributed by atoms with van der Waals surface area (Å²) < 4.78 is 7.37. The molecule has 0 aliphatic heterocycles. The summed E-state index contributed by atoms with van der Waals surface area (Å²) in [5.74, 6) is 2.04. The number of ether oxygens (including phenoxy) is 1. The lowest BCUT2D eigenvalue weighted by atomic mass is 10.3. The maximum absolute atomic E-state index is 11.1. The van der Waals surface area contributed by atoms with Gasteiger partial charge in [-0.1, -0.05) is 6.07 Å². The lowest BCUT2D eigenvalue weighted by Gasteiger charge is -2.12. The second kappa shape index (κ2) is 11.3. The topological polar surface area (TPSA) is 105 Å². The number of nitrogens with zero attached hydrogens (tertiary/aromatic N) is 4. The Morgan fingerprint density at radius 1 is 1.35 bits per heavy atom. The van der Waals surface area contributed by atoms with Gasteiger partial charge in [0.1, 0.15) is 24.5 Å². The molecule has 1 aromatic carbocycles. The summed E-state index contributed by atoms with van der Waals surface area (Å²) in [5.41, 5.74) is 0.708. The van der Waals surface area contributed by atoms with Gasteiger partial charge in [-0.3, -0.25) is 14.5 Å². The predicted molar refractivity (Wildman–Crippen MR) is 111 cm³/mol. The van der Waals surface area contributed by atoms with Gasteiger partial charge in [0.25, 0.3) is 0 Å². The summed E-state index contributed by atoms with van der Waals surface area (Å²) in [6.45, 7) is 3.02. The van der Waals surface area contributed by atoms with Crippen molar-refractivity contribution in [2.24, 2.45) is 12.0 Å². The van der Waals surface area contributed by atoms with Gasteiger partial charge in [-0.2, -0.15) is 5.10 Å². The summed E-state index contributed by atoms with van der Waals surface area (Å²) in [6.07, 6.45) is 1.51. The number of amides is 1. The summed E-state index contributed by atoms with van der Waals surface area (Å²) in [5, 5.41) is 13.0. The molecule has 10 heteroatoms. The minimum Gasteiger partial charge on any atom is -0.492 e. The number of carbonyl (C=O) groups excluding carboxylic acids is 1. The minimum atomic E-state index is -0.114. The fraction of sp³-hybridized carbons (Fsp3) is 0.375. The molecule has 3 N–H and O–H groups in total. The maximum Gasteiger partial charge on any atom is 0.221 e. The average molecular weight is 473 g/mol. The first-order chi connectivity index (χ1) is 12.1. The van der Waals surface area contributed by atoms with E-state index in [1.165, 1.54) is 13.3 Å². The fourth-order valence-electron chi connectivity index (χ4n) is 2.07. The molecule has 142 valence electrons. The third-order valence-electron chi connectivity index (χ3n) is 3.26. The molecule has 2 aromatic rings. The molecule has 0 atom stereocenters. The van der Waals surface area contributed by atoms with Crippen molar-refractivity contribution in [3.8, 4) is 5.75 Å². The van der Waals surface area contributed by atoms with Crippen molar-refractivity contribution in [1.82, 2.24) is 25.4 Å². The molecule has 9 nitrogen and oxygen atoms in total. The first-order valence-corrected chi connectivity index (χ1v) is 7.86. The number of aromatic nitrogens is 3. The van der Waals surface area contributed by atoms with E-state index >= 15 is 0 Å². The van der Waals surface area contributed by atoms with E-state index in [1.807, 2.05) is 25.2 Å². The first-order valence-electron chi connectivity index (χ1n) is 7.86. The Labute approximate surface area is 169 Å². The molecule has 1 amide bonds. The Morgan fingerprint density at radius 2 is 2.15 bits per heavy atom. The zero-order valence-electron chi connectivity index (χ0n) is 15.0. The van der Waals surface area contributed by atoms with Crippen molar-refractivity contribution in [2.75, 3.05) is 25.5 Å². The molecule has 26 heavy (non-hydrogen) atoms. The normalized spacial score (nSPS) is 10.7. The predicted octanol–water partition coefficient (Wildman–Crippen LogP) is 1.14. The smallest absolute Gasteiger partial charge is 0.221 e. The third-order valence-corrected chi connectivity index (χ3v) is 3.26. The number of hydrogen-bond acceptors (Lipinski definition) is 5. The minimum absolute atomic E-state index is 0. The molecular formula is C16H24IN7O2. The zero-order valence-corrected chi connectivity index (χ0v) is 17.4. The standard InChI is InChI=1S/C16H23N7O2.HI/c1-12(24)22-13-5-4-6-14(9-13)25-8-7-18-16(17-2)19-10-15-20-11-21-23(15)3;/h4-6,9,11H,7-8,10H2,1-3H3,(H,22,24)(H2,17,18,19);1H. The number of benzene rings is 1. The van der Waals surface area contributed by atoms with Crippen molar-refractivity contribution in [3.63, 3.8) is 0 Å². The van der Waals surface area contributed by atoms with E-state index in [0.717, 1.165) is 5.82 Å². The zero-order chi connectivity index (χ0) is 18.1. The van der Waals surface area contributed by atoms with E-state index in [1.54, 1.807) is 17.8 Å². The number of anilines is 1. The van der Waals surface area contributed by atoms with Crippen LogP contribution in [0.25, 0.3) is 0 Å². The van der Waals surface area contributed by atoms with Crippen LogP contribution >= 0.6 is 24.0 Å². The number of aryl methyl sites for hydroxylation is 1. The van der Waals surface area contributed by atoms with Gasteiger partial charge in [0.15, 0.2) is 5.96 Å². The molecule has 0 radical (unpaired) electrons. The Hall–Kier alpha value is -2.37. The van der Waals surface area contributed by atoms with E-state index in [-0.39, 0.29) is 29.9 Å². The molecule has 2 rings (SSSR count). The second-order valence-electron chi connectivity index (χ2n) is 5.21. The highest BCUT2D eigenvalue weighted by Gasteiger charge is 2.03. The number of guanidine groups is 1. The molecular weight excluding hydrogens is 449 g/mol. The van der Waals surface area contributed by atoms with Gasteiger partial charge in [0, 0.05) is 32.8 Å². The number of carbonyl (C=O) groups is 1. The van der Waals surface area contributed by atoms with Gasteiger partial charge in [-0.25, -0.2) is 4.98 Å². The van der Waals surface area contributed by atoms with Gasteiger partial charge >= 0.3 is 0 Å². The number of nitrogens with one attached hydrogen (secondary N) is 3. The van der Waals surface area contributed by atoms with Crippen molar-refractivity contribution in [2.45, 2.75) is 13.5 Å². The van der Waals surface area contributed by atoms with Gasteiger partial charge in [0.05, 0.1) is 13.1 Å². The largest absolute Gasteiger partial charge is 0.492 e. The number of rotatable bonds is 7. The summed E-state index contributed by atoms with van der Waals surface area (Å²) in [6, 6.07) is 7.26. The number of hydrogen-bond donors (Lipinski definition) is 3. The maximum atomic E-state index is 11.1. The van der Waals surface area contributed by atoms with Crippen LogP contribution in [0.15, 0.2) is 35.6 Å². The fourth-order valence-corrected chi connectivity index (χ4v) is 2.07. The molecule has 0 saturated heterocycles. The van der Waals surface area contributed by atoms with Crippen LogP contribution in [0.4, 0.5) is 5.69 Å². The molecule has 0 spiro atoms. The van der Waals surface area contributed by atoms with Gasteiger partial charge in [-0.15, -0.1) is 24.0 Å². The van der Waals surface area contributed by atoms with E-state index in [9.17, 15) is 4.79 Å².